The first-order valence-electron chi connectivity index (χ1n) is 2.34. The van der Waals surface area contributed by atoms with E-state index in [4.69, 9.17) is 23.2 Å². The maximum atomic E-state index is 12.5. The van der Waals surface area contributed by atoms with Gasteiger partial charge in [-0.05, 0) is 0 Å². The topological polar surface area (TPSA) is 9.23 Å². The molecule has 0 spiro atoms. The van der Waals surface area contributed by atoms with Gasteiger partial charge in [0.2, 0.25) is 0 Å². The fourth-order valence-corrected chi connectivity index (χ4v) is 0.754. The third-order valence-corrected chi connectivity index (χ3v) is 1.53. The van der Waals surface area contributed by atoms with Gasteiger partial charge in [0.25, 0.3) is 0 Å². The lowest BCUT2D eigenvalue weighted by atomic mass is 10.3. The Hall–Kier alpha value is 0.260. The first-order chi connectivity index (χ1) is 4.75. The molecule has 7 heteroatoms. The van der Waals surface area contributed by atoms with E-state index in [0.717, 1.165) is 0 Å². The molecule has 11 heavy (non-hydrogen) atoms. The van der Waals surface area contributed by atoms with Gasteiger partial charge in [-0.2, -0.15) is 17.6 Å². The van der Waals surface area contributed by atoms with E-state index in [9.17, 15) is 17.6 Å². The SMILES string of the molecule is COC(F)(C(Cl)Cl)C(F)(F)F. The van der Waals surface area contributed by atoms with Crippen LogP contribution in [0.4, 0.5) is 17.6 Å². The van der Waals surface area contributed by atoms with Gasteiger partial charge in [-0.25, -0.2) is 0 Å². The predicted molar refractivity (Wildman–Crippen MR) is 32.4 cm³/mol. The largest absolute Gasteiger partial charge is 0.451 e. The predicted octanol–water partition coefficient (Wildman–Crippen LogP) is 2.66. The minimum absolute atomic E-state index is 0.533. The minimum atomic E-state index is -5.23. The molecule has 0 amide bonds. The van der Waals surface area contributed by atoms with E-state index in [1.807, 2.05) is 0 Å². The highest BCUT2D eigenvalue weighted by atomic mass is 35.5. The molecule has 0 saturated heterocycles. The molecule has 0 aliphatic carbocycles. The molecule has 0 aromatic rings. The van der Waals surface area contributed by atoms with Crippen molar-refractivity contribution in [3.05, 3.63) is 0 Å². The van der Waals surface area contributed by atoms with Crippen LogP contribution in [0.15, 0.2) is 0 Å². The number of ether oxygens (including phenoxy) is 1. The van der Waals surface area contributed by atoms with Gasteiger partial charge in [-0.1, -0.05) is 23.2 Å². The summed E-state index contributed by atoms with van der Waals surface area (Å²) in [5.74, 6) is -3.99. The molecule has 0 aliphatic heterocycles. The van der Waals surface area contributed by atoms with Crippen molar-refractivity contribution in [3.8, 4) is 0 Å². The van der Waals surface area contributed by atoms with Gasteiger partial charge in [0.1, 0.15) is 0 Å². The van der Waals surface area contributed by atoms with E-state index < -0.39 is 16.9 Å². The van der Waals surface area contributed by atoms with E-state index in [1.54, 1.807) is 0 Å². The summed E-state index contributed by atoms with van der Waals surface area (Å²) in [6, 6.07) is 0. The first kappa shape index (κ1) is 11.3. The molecule has 1 atom stereocenters. The van der Waals surface area contributed by atoms with Crippen molar-refractivity contribution < 1.29 is 22.3 Å². The van der Waals surface area contributed by atoms with Crippen LogP contribution in [0.5, 0.6) is 0 Å². The molecule has 0 rings (SSSR count). The molecule has 68 valence electrons. The summed E-state index contributed by atoms with van der Waals surface area (Å²) in [6.45, 7) is 0. The van der Waals surface area contributed by atoms with Crippen molar-refractivity contribution in [2.24, 2.45) is 0 Å². The van der Waals surface area contributed by atoms with Crippen molar-refractivity contribution >= 4 is 23.2 Å². The fraction of sp³-hybridized carbons (Fsp3) is 1.00. The highest BCUT2D eigenvalue weighted by molar-refractivity contribution is 6.45. The maximum Gasteiger partial charge on any atom is 0.451 e. The van der Waals surface area contributed by atoms with E-state index >= 15 is 0 Å². The average molecular weight is 215 g/mol. The van der Waals surface area contributed by atoms with Crippen LogP contribution in [0.2, 0.25) is 0 Å². The summed E-state index contributed by atoms with van der Waals surface area (Å²) in [7, 11) is 0.533. The summed E-state index contributed by atoms with van der Waals surface area (Å²) < 4.78 is 51.1. The lowest BCUT2D eigenvalue weighted by Crippen LogP contribution is -2.48. The second kappa shape index (κ2) is 3.33. The van der Waals surface area contributed by atoms with Gasteiger partial charge in [0.05, 0.1) is 0 Å². The number of methoxy groups -OCH3 is 1. The number of alkyl halides is 6. The molecular weight excluding hydrogens is 211 g/mol. The smallest absolute Gasteiger partial charge is 0.340 e. The third-order valence-electron chi connectivity index (χ3n) is 0.964. The van der Waals surface area contributed by atoms with Crippen LogP contribution in [0.25, 0.3) is 0 Å². The summed E-state index contributed by atoms with van der Waals surface area (Å²) in [5.41, 5.74) is 0. The summed E-state index contributed by atoms with van der Waals surface area (Å²) >= 11 is 9.43. The Balaban J connectivity index is 4.61. The van der Waals surface area contributed by atoms with E-state index in [0.29, 0.717) is 7.11 Å². The molecule has 0 aromatic heterocycles. The molecule has 0 radical (unpaired) electrons. The van der Waals surface area contributed by atoms with Gasteiger partial charge >= 0.3 is 12.0 Å². The molecule has 0 aromatic carbocycles. The van der Waals surface area contributed by atoms with Gasteiger partial charge in [0.15, 0.2) is 4.84 Å². The number of halogens is 6. The maximum absolute atomic E-state index is 12.5. The Morgan fingerprint density at radius 2 is 1.55 bits per heavy atom. The van der Waals surface area contributed by atoms with E-state index in [2.05, 4.69) is 4.74 Å². The number of hydrogen-bond donors (Lipinski definition) is 0. The van der Waals surface area contributed by atoms with Crippen molar-refractivity contribution in [1.29, 1.82) is 0 Å². The summed E-state index contributed by atoms with van der Waals surface area (Å²) in [4.78, 5) is -2.30. The zero-order chi connectivity index (χ0) is 9.28. The number of rotatable bonds is 2. The Morgan fingerprint density at radius 1 is 1.18 bits per heavy atom. The Morgan fingerprint density at radius 3 is 1.55 bits per heavy atom. The summed E-state index contributed by atoms with van der Waals surface area (Å²) in [6.07, 6.45) is -5.23. The van der Waals surface area contributed by atoms with E-state index in [-0.39, 0.29) is 0 Å². The Kier molecular flexibility index (Phi) is 3.41. The molecule has 0 fully saturated rings. The van der Waals surface area contributed by atoms with Crippen LogP contribution in [0.1, 0.15) is 0 Å². The van der Waals surface area contributed by atoms with Gasteiger partial charge in [-0.3, -0.25) is 0 Å². The molecule has 0 heterocycles. The third kappa shape index (κ3) is 2.10. The molecule has 1 nitrogen and oxygen atoms in total. The van der Waals surface area contributed by atoms with Crippen molar-refractivity contribution in [2.45, 2.75) is 16.9 Å². The zero-order valence-corrected chi connectivity index (χ0v) is 6.77. The van der Waals surface area contributed by atoms with Crippen LogP contribution < -0.4 is 0 Å². The van der Waals surface area contributed by atoms with E-state index in [1.165, 1.54) is 0 Å². The summed E-state index contributed by atoms with van der Waals surface area (Å²) in [5, 5.41) is 0. The van der Waals surface area contributed by atoms with Crippen LogP contribution in [0.3, 0.4) is 0 Å². The second-order valence-corrected chi connectivity index (χ2v) is 2.74. The average Bonchev–Trinajstić information content (AvgIpc) is 1.83. The molecule has 1 unspecified atom stereocenters. The normalized spacial score (nSPS) is 18.5. The van der Waals surface area contributed by atoms with Crippen molar-refractivity contribution in [2.75, 3.05) is 7.11 Å². The highest BCUT2D eigenvalue weighted by Gasteiger charge is 2.61. The van der Waals surface area contributed by atoms with Crippen LogP contribution in [-0.4, -0.2) is 24.0 Å². The van der Waals surface area contributed by atoms with Crippen molar-refractivity contribution in [1.82, 2.24) is 0 Å². The van der Waals surface area contributed by atoms with Gasteiger partial charge in [0, 0.05) is 7.11 Å². The molecule has 0 saturated carbocycles. The van der Waals surface area contributed by atoms with Gasteiger partial charge < -0.3 is 4.74 Å². The molecule has 0 bridgehead atoms. The quantitative estimate of drug-likeness (QED) is 0.508. The molecule has 0 N–H and O–H groups in total. The second-order valence-electron chi connectivity index (χ2n) is 1.65. The van der Waals surface area contributed by atoms with Gasteiger partial charge in [-0.15, -0.1) is 0 Å². The zero-order valence-electron chi connectivity index (χ0n) is 5.25. The van der Waals surface area contributed by atoms with Crippen LogP contribution in [0, 0.1) is 0 Å². The lowest BCUT2D eigenvalue weighted by Gasteiger charge is -2.26. The monoisotopic (exact) mass is 214 g/mol. The highest BCUT2D eigenvalue weighted by Crippen LogP contribution is 2.40. The van der Waals surface area contributed by atoms with Crippen LogP contribution in [-0.2, 0) is 4.74 Å². The fourth-order valence-electron chi connectivity index (χ4n) is 0.329. The minimum Gasteiger partial charge on any atom is -0.340 e. The number of hydrogen-bond acceptors (Lipinski definition) is 1. The van der Waals surface area contributed by atoms with Crippen molar-refractivity contribution in [3.63, 3.8) is 0 Å². The first-order valence-corrected chi connectivity index (χ1v) is 3.22. The Bertz CT molecular complexity index is 137. The molecule has 0 aliphatic rings. The molecular formula is C4H4Cl2F4O. The Labute approximate surface area is 70.2 Å². The lowest BCUT2D eigenvalue weighted by molar-refractivity contribution is -0.318. The standard InChI is InChI=1S/C4H4Cl2F4O/c1-11-3(7,2(5)6)4(8,9)10/h2H,1H3. The van der Waals surface area contributed by atoms with Crippen LogP contribution >= 0.6 is 23.2 Å².